The van der Waals surface area contributed by atoms with E-state index < -0.39 is 0 Å². The highest BCUT2D eigenvalue weighted by atomic mass is 35.5. The number of hydrogen-bond donors (Lipinski definition) is 5. The molecule has 0 amide bonds. The number of nitrogens with two attached hydrogens (primary N) is 2. The number of benzene rings is 6. The lowest BCUT2D eigenvalue weighted by molar-refractivity contribution is 1.19. The van der Waals surface area contributed by atoms with E-state index in [4.69, 9.17) is 46.8 Å². The molecule has 2 aliphatic heterocycles. The number of nitrogens with zero attached hydrogens (tertiary/aromatic N) is 6. The van der Waals surface area contributed by atoms with Crippen LogP contribution in [0.3, 0.4) is 0 Å². The summed E-state index contributed by atoms with van der Waals surface area (Å²) >= 11 is 0. The summed E-state index contributed by atoms with van der Waals surface area (Å²) in [6.07, 6.45) is 7.55. The minimum absolute atomic E-state index is 0. The van der Waals surface area contributed by atoms with Gasteiger partial charge in [0.05, 0.1) is 5.71 Å². The number of anilines is 2. The van der Waals surface area contributed by atoms with Gasteiger partial charge in [-0.25, -0.2) is 29.9 Å². The summed E-state index contributed by atoms with van der Waals surface area (Å²) in [5, 5.41) is 11.5. The Kier molecular flexibility index (Phi) is 9.93. The number of nitrogens with one attached hydrogen (secondary N) is 3. The number of H-pyrrole nitrogens is 2. The van der Waals surface area contributed by atoms with Crippen molar-refractivity contribution < 1.29 is 0 Å². The zero-order valence-corrected chi connectivity index (χ0v) is 35.2. The van der Waals surface area contributed by atoms with Gasteiger partial charge >= 0.3 is 0 Å². The maximum absolute atomic E-state index is 7.69. The van der Waals surface area contributed by atoms with Crippen molar-refractivity contribution in [3.05, 3.63) is 186 Å². The molecule has 6 aromatic carbocycles. The van der Waals surface area contributed by atoms with E-state index in [9.17, 15) is 0 Å². The molecule has 1 aliphatic carbocycles. The molecule has 0 saturated carbocycles. The van der Waals surface area contributed by atoms with Crippen LogP contribution in [0.1, 0.15) is 16.7 Å². The van der Waals surface area contributed by atoms with Crippen LogP contribution in [0.4, 0.5) is 11.4 Å². The highest BCUT2D eigenvalue weighted by Gasteiger charge is 2.22. The smallest absolute Gasteiger partial charge is 0.164 e. The Bertz CT molecular complexity index is 3300. The van der Waals surface area contributed by atoms with Crippen molar-refractivity contribution in [2.75, 3.05) is 11.5 Å². The van der Waals surface area contributed by atoms with Crippen LogP contribution in [0.5, 0.6) is 0 Å². The van der Waals surface area contributed by atoms with Crippen LogP contribution >= 0.6 is 12.4 Å². The normalized spacial score (nSPS) is 12.3. The van der Waals surface area contributed by atoms with Crippen molar-refractivity contribution in [2.24, 2.45) is 0 Å². The Labute approximate surface area is 373 Å². The first-order valence-electron chi connectivity index (χ1n) is 20.5. The van der Waals surface area contributed by atoms with Crippen molar-refractivity contribution in [2.45, 2.75) is 6.92 Å². The summed E-state index contributed by atoms with van der Waals surface area (Å²) < 4.78 is 0. The molecule has 0 saturated heterocycles. The first-order valence-corrected chi connectivity index (χ1v) is 20.5. The van der Waals surface area contributed by atoms with Gasteiger partial charge in [0.25, 0.3) is 0 Å². The molecular formula is C52H38ClN11. The predicted molar refractivity (Wildman–Crippen MR) is 262 cm³/mol. The molecular weight excluding hydrogens is 814 g/mol. The minimum atomic E-state index is 0. The molecule has 8 bridgehead atoms. The first-order chi connectivity index (χ1) is 30.8. The lowest BCUT2D eigenvalue weighted by Crippen LogP contribution is -1.99. The fourth-order valence-corrected chi connectivity index (χ4v) is 8.21. The Morgan fingerprint density at radius 2 is 0.828 bits per heavy atom. The second kappa shape index (κ2) is 16.1. The average Bonchev–Trinajstić information content (AvgIpc) is 4.05. The third-order valence-corrected chi connectivity index (χ3v) is 11.4. The maximum atomic E-state index is 7.69. The molecule has 0 fully saturated rings. The SMILES string of the molecule is Cc1cc(C(=C2C=CC(=N)C=C2)c2ccc(N)cc2)ccc1N.Cl.c1ccc2c(c1)-c1nc-2nc2[nH]c(nc3nc(nc4[nH]c(n1)c1ccccc41)-c1ccccc1-3)c1ccccc21. The molecule has 12 rings (SSSR count). The van der Waals surface area contributed by atoms with Crippen LogP contribution in [0.2, 0.25) is 0 Å². The number of hydrogen-bond acceptors (Lipinski definition) is 9. The standard InChI is InChI=1S/C32H18N8.C20H19N3.ClH/c1-2-10-18-17(9-1)25-33-26(18)38-28-21-13-5-6-14-22(21)30(35-28)40-32-24-16-8-7-15-23(24)31(36-32)39-29-20-12-4-3-11-19(20)27(34-29)37-25;1-13-12-16(6-11-19(13)23)20(14-2-7-17(21)8-3-14)15-4-9-18(22)10-5-15;/h1-16H,(H2,33,34,35,36,37,38,39,40);2-12,21H,22-23H2,1H3;1H. The van der Waals surface area contributed by atoms with Crippen LogP contribution in [0.15, 0.2) is 169 Å². The van der Waals surface area contributed by atoms with E-state index >= 15 is 0 Å². The summed E-state index contributed by atoms with van der Waals surface area (Å²) in [4.78, 5) is 36.8. The Morgan fingerprint density at radius 1 is 0.453 bits per heavy atom. The summed E-state index contributed by atoms with van der Waals surface area (Å²) in [7, 11) is 0. The summed E-state index contributed by atoms with van der Waals surface area (Å²) in [5.74, 6) is 2.39. The molecule has 3 aromatic heterocycles. The molecule has 0 unspecified atom stereocenters. The lowest BCUT2D eigenvalue weighted by atomic mass is 9.90. The van der Waals surface area contributed by atoms with Crippen LogP contribution in [-0.4, -0.2) is 45.6 Å². The first kappa shape index (κ1) is 39.6. The Hall–Kier alpha value is -8.54. The highest BCUT2D eigenvalue weighted by molar-refractivity contribution is 6.07. The molecule has 0 radical (unpaired) electrons. The van der Waals surface area contributed by atoms with Gasteiger partial charge in [-0.3, -0.25) is 0 Å². The van der Waals surface area contributed by atoms with Gasteiger partial charge in [-0.2, -0.15) is 0 Å². The molecule has 5 heterocycles. The number of allylic oxidation sites excluding steroid dienone is 5. The number of rotatable bonds is 2. The number of aromatic nitrogens is 8. The second-order valence-corrected chi connectivity index (χ2v) is 15.4. The van der Waals surface area contributed by atoms with Crippen molar-refractivity contribution in [3.8, 4) is 45.6 Å². The quantitative estimate of drug-likeness (QED) is 0.106. The Balaban J connectivity index is 0.000000173. The lowest BCUT2D eigenvalue weighted by Gasteiger charge is -2.15. The molecule has 308 valence electrons. The van der Waals surface area contributed by atoms with Crippen LogP contribution in [0.25, 0.3) is 95.3 Å². The van der Waals surface area contributed by atoms with Gasteiger partial charge in [0.15, 0.2) is 23.3 Å². The van der Waals surface area contributed by atoms with Gasteiger partial charge in [-0.15, -0.1) is 12.4 Å². The number of halogens is 1. The van der Waals surface area contributed by atoms with E-state index in [0.29, 0.717) is 51.6 Å². The van der Waals surface area contributed by atoms with E-state index in [1.807, 2.05) is 153 Å². The summed E-state index contributed by atoms with van der Waals surface area (Å²) in [5.41, 5.74) is 25.6. The van der Waals surface area contributed by atoms with Gasteiger partial charge in [-0.05, 0) is 71.2 Å². The number of aromatic amines is 2. The second-order valence-electron chi connectivity index (χ2n) is 15.4. The van der Waals surface area contributed by atoms with Crippen molar-refractivity contribution in [1.29, 1.82) is 5.41 Å². The zero-order chi connectivity index (χ0) is 42.6. The maximum Gasteiger partial charge on any atom is 0.164 e. The van der Waals surface area contributed by atoms with E-state index in [1.54, 1.807) is 12.2 Å². The third kappa shape index (κ3) is 7.05. The predicted octanol–water partition coefficient (Wildman–Crippen LogP) is 11.4. The van der Waals surface area contributed by atoms with E-state index in [-0.39, 0.29) is 12.4 Å². The Morgan fingerprint density at radius 3 is 1.22 bits per heavy atom. The van der Waals surface area contributed by atoms with Gasteiger partial charge in [0.1, 0.15) is 22.6 Å². The summed E-state index contributed by atoms with van der Waals surface area (Å²) in [6, 6.07) is 46.1. The molecule has 3 aliphatic rings. The molecule has 7 N–H and O–H groups in total. The van der Waals surface area contributed by atoms with Crippen LogP contribution < -0.4 is 11.5 Å². The van der Waals surface area contributed by atoms with E-state index in [0.717, 1.165) is 83.0 Å². The fraction of sp³-hybridized carbons (Fsp3) is 0.0192. The minimum Gasteiger partial charge on any atom is -0.399 e. The highest BCUT2D eigenvalue weighted by Crippen LogP contribution is 2.37. The topological polar surface area (TPSA) is 185 Å². The monoisotopic (exact) mass is 851 g/mol. The van der Waals surface area contributed by atoms with Gasteiger partial charge in [-0.1, -0.05) is 127 Å². The van der Waals surface area contributed by atoms with Crippen LogP contribution in [0, 0.1) is 12.3 Å². The molecule has 9 aromatic rings. The van der Waals surface area contributed by atoms with Gasteiger partial charge in [0.2, 0.25) is 0 Å². The summed E-state index contributed by atoms with van der Waals surface area (Å²) in [6.45, 7) is 2.01. The molecule has 0 spiro atoms. The van der Waals surface area contributed by atoms with Crippen molar-refractivity contribution in [1.82, 2.24) is 39.9 Å². The van der Waals surface area contributed by atoms with Crippen molar-refractivity contribution >= 4 is 79.2 Å². The molecule has 0 atom stereocenters. The fourth-order valence-electron chi connectivity index (χ4n) is 8.21. The number of aryl methyl sites for hydroxylation is 1. The van der Waals surface area contributed by atoms with Gasteiger partial charge in [0, 0.05) is 55.2 Å². The van der Waals surface area contributed by atoms with Crippen LogP contribution in [-0.2, 0) is 0 Å². The van der Waals surface area contributed by atoms with Gasteiger partial charge < -0.3 is 26.8 Å². The largest absolute Gasteiger partial charge is 0.399 e. The molecule has 64 heavy (non-hydrogen) atoms. The van der Waals surface area contributed by atoms with E-state index in [2.05, 4.69) is 16.0 Å². The number of fused-ring (bicyclic) bond motifs is 20. The molecule has 12 heteroatoms. The third-order valence-electron chi connectivity index (χ3n) is 11.4. The average molecular weight is 852 g/mol. The number of nitrogen functional groups attached to an aromatic ring is 2. The van der Waals surface area contributed by atoms with Crippen molar-refractivity contribution in [3.63, 3.8) is 0 Å². The zero-order valence-electron chi connectivity index (χ0n) is 34.3. The molecule has 11 nitrogen and oxygen atoms in total. The van der Waals surface area contributed by atoms with E-state index in [1.165, 1.54) is 0 Å².